The lowest BCUT2D eigenvalue weighted by Crippen LogP contribution is -2.44. The van der Waals surface area contributed by atoms with Gasteiger partial charge in [0.1, 0.15) is 5.82 Å². The van der Waals surface area contributed by atoms with Crippen molar-refractivity contribution in [2.24, 2.45) is 0 Å². The zero-order valence-electron chi connectivity index (χ0n) is 11.8. The topological polar surface area (TPSA) is 84.2 Å². The van der Waals surface area contributed by atoms with Gasteiger partial charge in [0, 0.05) is 31.8 Å². The SMILES string of the molecule is CN(c1cnc2cc([N+](=O)[O-])ccc2n1)[C@@H]1CCCNC1. The number of nitrogens with one attached hydrogen (secondary N) is 1. The molecule has 7 nitrogen and oxygen atoms in total. The molecular weight excluding hydrogens is 270 g/mol. The Kier molecular flexibility index (Phi) is 3.66. The molecule has 21 heavy (non-hydrogen) atoms. The second kappa shape index (κ2) is 5.61. The van der Waals surface area contributed by atoms with Gasteiger partial charge in [0.05, 0.1) is 22.2 Å². The fourth-order valence-electron chi connectivity index (χ4n) is 2.62. The third-order valence-electron chi connectivity index (χ3n) is 3.90. The van der Waals surface area contributed by atoms with E-state index < -0.39 is 4.92 Å². The summed E-state index contributed by atoms with van der Waals surface area (Å²) in [7, 11) is 2.01. The van der Waals surface area contributed by atoms with E-state index in [1.807, 2.05) is 7.05 Å². The van der Waals surface area contributed by atoms with Gasteiger partial charge in [0.25, 0.3) is 5.69 Å². The second-order valence-corrected chi connectivity index (χ2v) is 5.27. The van der Waals surface area contributed by atoms with E-state index in [9.17, 15) is 10.1 Å². The predicted molar refractivity (Wildman–Crippen MR) is 80.5 cm³/mol. The summed E-state index contributed by atoms with van der Waals surface area (Å²) in [4.78, 5) is 21.3. The molecule has 7 heteroatoms. The van der Waals surface area contributed by atoms with Gasteiger partial charge in [-0.3, -0.25) is 15.1 Å². The van der Waals surface area contributed by atoms with Crippen LogP contribution in [0.25, 0.3) is 11.0 Å². The van der Waals surface area contributed by atoms with Crippen molar-refractivity contribution in [2.75, 3.05) is 25.0 Å². The summed E-state index contributed by atoms with van der Waals surface area (Å²) in [5, 5.41) is 14.1. The fourth-order valence-corrected chi connectivity index (χ4v) is 2.62. The minimum atomic E-state index is -0.422. The number of nitro benzene ring substituents is 1. The normalized spacial score (nSPS) is 18.6. The molecule has 1 aliphatic heterocycles. The number of non-ortho nitro benzene ring substituents is 1. The van der Waals surface area contributed by atoms with Crippen molar-refractivity contribution in [3.63, 3.8) is 0 Å². The van der Waals surface area contributed by atoms with Gasteiger partial charge in [-0.25, -0.2) is 4.98 Å². The lowest BCUT2D eigenvalue weighted by molar-refractivity contribution is -0.384. The van der Waals surface area contributed by atoms with Crippen molar-refractivity contribution in [1.82, 2.24) is 15.3 Å². The quantitative estimate of drug-likeness (QED) is 0.683. The molecule has 1 aromatic heterocycles. The smallest absolute Gasteiger partial charge is 0.271 e. The standard InChI is InChI=1S/C14H17N5O2/c1-18(11-3-2-6-15-8-11)14-9-16-13-7-10(19(20)21)4-5-12(13)17-14/h4-5,7,9,11,15H,2-3,6,8H2,1H3/t11-/m1/s1. The Labute approximate surface area is 122 Å². The Bertz CT molecular complexity index is 669. The van der Waals surface area contributed by atoms with Crippen LogP contribution in [0.2, 0.25) is 0 Å². The molecule has 0 spiro atoms. The van der Waals surface area contributed by atoms with Gasteiger partial charge in [-0.15, -0.1) is 0 Å². The summed E-state index contributed by atoms with van der Waals surface area (Å²) in [6.45, 7) is 2.01. The van der Waals surface area contributed by atoms with E-state index >= 15 is 0 Å². The average molecular weight is 287 g/mol. The molecule has 1 aliphatic rings. The van der Waals surface area contributed by atoms with E-state index in [-0.39, 0.29) is 5.69 Å². The fraction of sp³-hybridized carbons (Fsp3) is 0.429. The number of anilines is 1. The van der Waals surface area contributed by atoms with Crippen molar-refractivity contribution in [3.8, 4) is 0 Å². The highest BCUT2D eigenvalue weighted by atomic mass is 16.6. The second-order valence-electron chi connectivity index (χ2n) is 5.27. The lowest BCUT2D eigenvalue weighted by Gasteiger charge is -2.32. The average Bonchev–Trinajstić information content (AvgIpc) is 2.54. The predicted octanol–water partition coefficient (Wildman–Crippen LogP) is 1.73. The van der Waals surface area contributed by atoms with Crippen LogP contribution in [0, 0.1) is 10.1 Å². The van der Waals surface area contributed by atoms with Crippen LogP contribution in [0.3, 0.4) is 0 Å². The Balaban J connectivity index is 1.89. The Morgan fingerprint density at radius 2 is 2.29 bits per heavy atom. The highest BCUT2D eigenvalue weighted by Gasteiger charge is 2.19. The number of nitro groups is 1. The number of nitrogens with zero attached hydrogens (tertiary/aromatic N) is 4. The molecule has 0 radical (unpaired) electrons. The summed E-state index contributed by atoms with van der Waals surface area (Å²) >= 11 is 0. The van der Waals surface area contributed by atoms with Crippen LogP contribution in [0.1, 0.15) is 12.8 Å². The zero-order valence-corrected chi connectivity index (χ0v) is 11.8. The minimum Gasteiger partial charge on any atom is -0.354 e. The van der Waals surface area contributed by atoms with Crippen molar-refractivity contribution >= 4 is 22.5 Å². The molecule has 1 atom stereocenters. The minimum absolute atomic E-state index is 0.0365. The Morgan fingerprint density at radius 1 is 1.43 bits per heavy atom. The number of piperidine rings is 1. The molecule has 0 saturated carbocycles. The first-order valence-corrected chi connectivity index (χ1v) is 7.00. The molecule has 2 aromatic rings. The van der Waals surface area contributed by atoms with E-state index in [1.54, 1.807) is 12.3 Å². The highest BCUT2D eigenvalue weighted by Crippen LogP contribution is 2.22. The van der Waals surface area contributed by atoms with Gasteiger partial charge in [0.15, 0.2) is 0 Å². The van der Waals surface area contributed by atoms with E-state index in [0.29, 0.717) is 17.1 Å². The van der Waals surface area contributed by atoms with Crippen LogP contribution in [-0.4, -0.2) is 41.1 Å². The van der Waals surface area contributed by atoms with Gasteiger partial charge in [-0.1, -0.05) is 0 Å². The number of aromatic nitrogens is 2. The number of hydrogen-bond acceptors (Lipinski definition) is 6. The third-order valence-corrected chi connectivity index (χ3v) is 3.90. The molecular formula is C14H17N5O2. The summed E-state index contributed by atoms with van der Waals surface area (Å²) in [5.74, 6) is 0.796. The zero-order chi connectivity index (χ0) is 14.8. The van der Waals surface area contributed by atoms with Gasteiger partial charge in [-0.05, 0) is 25.5 Å². The maximum atomic E-state index is 10.8. The van der Waals surface area contributed by atoms with Crippen molar-refractivity contribution < 1.29 is 4.92 Å². The van der Waals surface area contributed by atoms with Crippen LogP contribution in [0.15, 0.2) is 24.4 Å². The molecule has 1 fully saturated rings. The number of hydrogen-bond donors (Lipinski definition) is 1. The number of fused-ring (bicyclic) bond motifs is 1. The Morgan fingerprint density at radius 3 is 3.00 bits per heavy atom. The molecule has 0 aliphatic carbocycles. The van der Waals surface area contributed by atoms with Crippen LogP contribution >= 0.6 is 0 Å². The summed E-state index contributed by atoms with van der Waals surface area (Å²) in [6, 6.07) is 4.97. The molecule has 0 unspecified atom stereocenters. The molecule has 3 rings (SSSR count). The molecule has 0 bridgehead atoms. The maximum Gasteiger partial charge on any atom is 0.271 e. The Hall–Kier alpha value is -2.28. The molecule has 0 amide bonds. The molecule has 110 valence electrons. The van der Waals surface area contributed by atoms with Crippen LogP contribution in [-0.2, 0) is 0 Å². The van der Waals surface area contributed by atoms with Gasteiger partial charge in [-0.2, -0.15) is 0 Å². The summed E-state index contributed by atoms with van der Waals surface area (Å²) in [6.07, 6.45) is 3.96. The van der Waals surface area contributed by atoms with Gasteiger partial charge >= 0.3 is 0 Å². The van der Waals surface area contributed by atoms with Gasteiger partial charge in [0.2, 0.25) is 0 Å². The van der Waals surface area contributed by atoms with E-state index in [2.05, 4.69) is 20.2 Å². The maximum absolute atomic E-state index is 10.8. The molecule has 1 aromatic carbocycles. The summed E-state index contributed by atoms with van der Waals surface area (Å²) < 4.78 is 0. The van der Waals surface area contributed by atoms with Crippen molar-refractivity contribution in [3.05, 3.63) is 34.5 Å². The molecule has 2 heterocycles. The first kappa shape index (κ1) is 13.7. The van der Waals surface area contributed by atoms with Crippen LogP contribution in [0.5, 0.6) is 0 Å². The highest BCUT2D eigenvalue weighted by molar-refractivity contribution is 5.78. The number of rotatable bonds is 3. The largest absolute Gasteiger partial charge is 0.354 e. The van der Waals surface area contributed by atoms with E-state index in [0.717, 1.165) is 31.7 Å². The number of benzene rings is 1. The van der Waals surface area contributed by atoms with Crippen LogP contribution in [0.4, 0.5) is 11.5 Å². The number of likely N-dealkylation sites (N-methyl/N-ethyl adjacent to an activating group) is 1. The van der Waals surface area contributed by atoms with E-state index in [4.69, 9.17) is 0 Å². The first-order valence-electron chi connectivity index (χ1n) is 7.00. The first-order chi connectivity index (χ1) is 10.1. The summed E-state index contributed by atoms with van der Waals surface area (Å²) in [5.41, 5.74) is 1.26. The third kappa shape index (κ3) is 2.78. The molecule has 1 saturated heterocycles. The van der Waals surface area contributed by atoms with Crippen molar-refractivity contribution in [1.29, 1.82) is 0 Å². The van der Waals surface area contributed by atoms with Crippen molar-refractivity contribution in [2.45, 2.75) is 18.9 Å². The lowest BCUT2D eigenvalue weighted by atomic mass is 10.1. The van der Waals surface area contributed by atoms with Gasteiger partial charge < -0.3 is 10.2 Å². The molecule has 1 N–H and O–H groups in total. The monoisotopic (exact) mass is 287 g/mol. The van der Waals surface area contributed by atoms with E-state index in [1.165, 1.54) is 12.1 Å². The van der Waals surface area contributed by atoms with Crippen LogP contribution < -0.4 is 10.2 Å².